The van der Waals surface area contributed by atoms with Gasteiger partial charge in [-0.3, -0.25) is 9.59 Å². The highest BCUT2D eigenvalue weighted by molar-refractivity contribution is 6.04. The molecule has 3 aromatic rings. The molecule has 5 heteroatoms. The summed E-state index contributed by atoms with van der Waals surface area (Å²) < 4.78 is 0. The molecule has 0 unspecified atom stereocenters. The number of anilines is 2. The Hall–Kier alpha value is -3.60. The van der Waals surface area contributed by atoms with Gasteiger partial charge in [0.15, 0.2) is 0 Å². The van der Waals surface area contributed by atoms with Crippen molar-refractivity contribution >= 4 is 23.2 Å². The van der Waals surface area contributed by atoms with Crippen molar-refractivity contribution < 1.29 is 9.59 Å². The van der Waals surface area contributed by atoms with Crippen molar-refractivity contribution in [3.8, 4) is 0 Å². The Balaban J connectivity index is 1.58. The van der Waals surface area contributed by atoms with E-state index in [2.05, 4.69) is 16.0 Å². The standard InChI is InChI=1S/C23H23N3O2/c1-17-11-13-19(14-12-17)24-16-22(27)26-21-10-6-5-9-20(21)23(28)25-15-18-7-3-2-4-8-18/h2-14,24H,15-16H2,1H3,(H,25,28)(H,26,27). The molecule has 0 spiro atoms. The molecule has 5 nitrogen and oxygen atoms in total. The Kier molecular flexibility index (Phi) is 6.41. The Morgan fingerprint density at radius 2 is 1.50 bits per heavy atom. The van der Waals surface area contributed by atoms with Crippen molar-refractivity contribution in [3.05, 3.63) is 95.6 Å². The molecule has 0 aromatic heterocycles. The summed E-state index contributed by atoms with van der Waals surface area (Å²) in [5.74, 6) is -0.449. The van der Waals surface area contributed by atoms with Crippen LogP contribution in [-0.4, -0.2) is 18.4 Å². The van der Waals surface area contributed by atoms with E-state index in [1.165, 1.54) is 0 Å². The van der Waals surface area contributed by atoms with Gasteiger partial charge in [0.2, 0.25) is 5.91 Å². The molecule has 3 N–H and O–H groups in total. The van der Waals surface area contributed by atoms with E-state index in [4.69, 9.17) is 0 Å². The molecule has 28 heavy (non-hydrogen) atoms. The van der Waals surface area contributed by atoms with E-state index in [0.29, 0.717) is 17.8 Å². The zero-order valence-corrected chi connectivity index (χ0v) is 15.7. The molecule has 0 bridgehead atoms. The minimum Gasteiger partial charge on any atom is -0.376 e. The zero-order valence-electron chi connectivity index (χ0n) is 15.7. The zero-order chi connectivity index (χ0) is 19.8. The highest BCUT2D eigenvalue weighted by atomic mass is 16.2. The van der Waals surface area contributed by atoms with Crippen molar-refractivity contribution in [2.24, 2.45) is 0 Å². The molecule has 3 rings (SSSR count). The SMILES string of the molecule is Cc1ccc(NCC(=O)Nc2ccccc2C(=O)NCc2ccccc2)cc1. The van der Waals surface area contributed by atoms with Crippen LogP contribution in [0, 0.1) is 6.92 Å². The largest absolute Gasteiger partial charge is 0.376 e. The Bertz CT molecular complexity index is 938. The molecule has 0 saturated heterocycles. The van der Waals surface area contributed by atoms with Gasteiger partial charge in [0, 0.05) is 12.2 Å². The summed E-state index contributed by atoms with van der Waals surface area (Å²) in [6, 6.07) is 24.5. The summed E-state index contributed by atoms with van der Waals surface area (Å²) in [6.07, 6.45) is 0. The lowest BCUT2D eigenvalue weighted by Crippen LogP contribution is -2.26. The highest BCUT2D eigenvalue weighted by Crippen LogP contribution is 2.15. The summed E-state index contributed by atoms with van der Waals surface area (Å²) in [4.78, 5) is 24.9. The van der Waals surface area contributed by atoms with Crippen LogP contribution in [0.25, 0.3) is 0 Å². The number of rotatable bonds is 7. The molecule has 0 saturated carbocycles. The maximum atomic E-state index is 12.6. The third-order valence-electron chi connectivity index (χ3n) is 4.25. The van der Waals surface area contributed by atoms with Gasteiger partial charge in [-0.2, -0.15) is 0 Å². The van der Waals surface area contributed by atoms with Gasteiger partial charge in [-0.1, -0.05) is 60.2 Å². The Morgan fingerprint density at radius 3 is 2.25 bits per heavy atom. The van der Waals surface area contributed by atoms with Crippen LogP contribution in [0.3, 0.4) is 0 Å². The molecule has 142 valence electrons. The molecule has 2 amide bonds. The maximum absolute atomic E-state index is 12.6. The normalized spacial score (nSPS) is 10.2. The number of carbonyl (C=O) groups is 2. The van der Waals surface area contributed by atoms with Gasteiger partial charge in [0.25, 0.3) is 5.91 Å². The topological polar surface area (TPSA) is 70.2 Å². The Morgan fingerprint density at radius 1 is 0.821 bits per heavy atom. The van der Waals surface area contributed by atoms with Crippen LogP contribution in [0.4, 0.5) is 11.4 Å². The summed E-state index contributed by atoms with van der Waals surface area (Å²) in [5, 5.41) is 8.77. The van der Waals surface area contributed by atoms with Gasteiger partial charge in [0.1, 0.15) is 0 Å². The molecule has 3 aromatic carbocycles. The lowest BCUT2D eigenvalue weighted by atomic mass is 10.1. The monoisotopic (exact) mass is 373 g/mol. The summed E-state index contributed by atoms with van der Waals surface area (Å²) in [5.41, 5.74) is 3.96. The molecule has 0 aliphatic heterocycles. The molecule has 0 aliphatic carbocycles. The number of nitrogens with one attached hydrogen (secondary N) is 3. The summed E-state index contributed by atoms with van der Waals surface area (Å²) in [7, 11) is 0. The van der Waals surface area contributed by atoms with Gasteiger partial charge in [-0.05, 0) is 36.8 Å². The van der Waals surface area contributed by atoms with Crippen LogP contribution in [0.2, 0.25) is 0 Å². The number of benzene rings is 3. The third kappa shape index (κ3) is 5.45. The lowest BCUT2D eigenvalue weighted by molar-refractivity contribution is -0.114. The Labute approximate surface area is 164 Å². The first-order valence-corrected chi connectivity index (χ1v) is 9.13. The van der Waals surface area contributed by atoms with Crippen molar-refractivity contribution in [3.63, 3.8) is 0 Å². The first-order valence-electron chi connectivity index (χ1n) is 9.13. The van der Waals surface area contributed by atoms with Crippen LogP contribution < -0.4 is 16.0 Å². The lowest BCUT2D eigenvalue weighted by Gasteiger charge is -2.12. The average Bonchev–Trinajstić information content (AvgIpc) is 2.73. The van der Waals surface area contributed by atoms with Gasteiger partial charge < -0.3 is 16.0 Å². The number of carbonyl (C=O) groups excluding carboxylic acids is 2. The number of aryl methyl sites for hydroxylation is 1. The van der Waals surface area contributed by atoms with Crippen LogP contribution >= 0.6 is 0 Å². The first-order chi connectivity index (χ1) is 13.6. The second kappa shape index (κ2) is 9.37. The molecule has 0 heterocycles. The van der Waals surface area contributed by atoms with Crippen LogP contribution in [0.1, 0.15) is 21.5 Å². The average molecular weight is 373 g/mol. The van der Waals surface area contributed by atoms with E-state index in [-0.39, 0.29) is 18.4 Å². The number of hydrogen-bond donors (Lipinski definition) is 3. The summed E-state index contributed by atoms with van der Waals surface area (Å²) in [6.45, 7) is 2.55. The third-order valence-corrected chi connectivity index (χ3v) is 4.25. The predicted octanol–water partition coefficient (Wildman–Crippen LogP) is 3.98. The predicted molar refractivity (Wildman–Crippen MR) is 112 cm³/mol. The van der Waals surface area contributed by atoms with Gasteiger partial charge in [-0.25, -0.2) is 0 Å². The maximum Gasteiger partial charge on any atom is 0.253 e. The van der Waals surface area contributed by atoms with Crippen LogP contribution in [0.15, 0.2) is 78.9 Å². The van der Waals surface area contributed by atoms with Crippen molar-refractivity contribution in [2.75, 3.05) is 17.2 Å². The number of para-hydroxylation sites is 1. The van der Waals surface area contributed by atoms with Crippen LogP contribution in [-0.2, 0) is 11.3 Å². The number of hydrogen-bond acceptors (Lipinski definition) is 3. The van der Waals surface area contributed by atoms with E-state index in [9.17, 15) is 9.59 Å². The fraction of sp³-hybridized carbons (Fsp3) is 0.130. The van der Waals surface area contributed by atoms with Gasteiger partial charge in [0.05, 0.1) is 17.8 Å². The van der Waals surface area contributed by atoms with Crippen molar-refractivity contribution in [1.29, 1.82) is 0 Å². The second-order valence-electron chi connectivity index (χ2n) is 6.48. The van der Waals surface area contributed by atoms with Crippen molar-refractivity contribution in [1.82, 2.24) is 5.32 Å². The number of amides is 2. The second-order valence-corrected chi connectivity index (χ2v) is 6.48. The molecule has 0 radical (unpaired) electrons. The quantitative estimate of drug-likeness (QED) is 0.587. The van der Waals surface area contributed by atoms with E-state index in [1.807, 2.05) is 61.5 Å². The molecule has 0 fully saturated rings. The molecule has 0 aliphatic rings. The smallest absolute Gasteiger partial charge is 0.253 e. The van der Waals surface area contributed by atoms with Crippen LogP contribution in [0.5, 0.6) is 0 Å². The minimum atomic E-state index is -0.230. The van der Waals surface area contributed by atoms with Crippen molar-refractivity contribution in [2.45, 2.75) is 13.5 Å². The highest BCUT2D eigenvalue weighted by Gasteiger charge is 2.13. The van der Waals surface area contributed by atoms with E-state index in [0.717, 1.165) is 16.8 Å². The van der Waals surface area contributed by atoms with Gasteiger partial charge in [-0.15, -0.1) is 0 Å². The van der Waals surface area contributed by atoms with E-state index in [1.54, 1.807) is 24.3 Å². The first kappa shape index (κ1) is 19.2. The fourth-order valence-corrected chi connectivity index (χ4v) is 2.71. The minimum absolute atomic E-state index is 0.114. The van der Waals surface area contributed by atoms with E-state index < -0.39 is 0 Å². The summed E-state index contributed by atoms with van der Waals surface area (Å²) >= 11 is 0. The molecular weight excluding hydrogens is 350 g/mol. The molecular formula is C23H23N3O2. The van der Waals surface area contributed by atoms with E-state index >= 15 is 0 Å². The fourth-order valence-electron chi connectivity index (χ4n) is 2.71. The molecule has 0 atom stereocenters. The van der Waals surface area contributed by atoms with Gasteiger partial charge >= 0.3 is 0 Å².